The number of hydrazine groups is 1. The topological polar surface area (TPSA) is 105 Å². The second-order valence-corrected chi connectivity index (χ2v) is 9.25. The number of urea groups is 1. The molecule has 0 aromatic heterocycles. The van der Waals surface area contributed by atoms with Crippen molar-refractivity contribution in [3.63, 3.8) is 0 Å². The minimum atomic E-state index is -3.99. The first kappa shape index (κ1) is 24.9. The number of hydrogen-bond acceptors (Lipinski definition) is 5. The van der Waals surface area contributed by atoms with Crippen LogP contribution in [0.15, 0.2) is 71.6 Å². The van der Waals surface area contributed by atoms with E-state index in [1.807, 2.05) is 48.5 Å². The maximum absolute atomic E-state index is 13.2. The second-order valence-electron chi connectivity index (χ2n) is 7.59. The molecular formula is C23H27ClN4O4S. The van der Waals surface area contributed by atoms with Gasteiger partial charge >= 0.3 is 6.03 Å². The van der Waals surface area contributed by atoms with Crippen LogP contribution in [0.5, 0.6) is 0 Å². The summed E-state index contributed by atoms with van der Waals surface area (Å²) in [6.07, 6.45) is 0. The molecule has 3 N–H and O–H groups in total. The normalized spacial score (nSPS) is 14.0. The van der Waals surface area contributed by atoms with Gasteiger partial charge in [-0.1, -0.05) is 54.6 Å². The highest BCUT2D eigenvalue weighted by Crippen LogP contribution is 2.20. The number of amides is 2. The van der Waals surface area contributed by atoms with Gasteiger partial charge in [0, 0.05) is 19.6 Å². The van der Waals surface area contributed by atoms with Gasteiger partial charge in [-0.05, 0) is 34.0 Å². The van der Waals surface area contributed by atoms with E-state index >= 15 is 0 Å². The summed E-state index contributed by atoms with van der Waals surface area (Å²) < 4.78 is 31.7. The standard InChI is InChI=1S/C23H26N4O4S.ClH/c24-16-18-5-7-19(8-6-18)17-27(23(28)26-11-13-31-14-12-26)25-32(29,30)22-10-9-20-3-1-2-4-21(20)15-22;/h1-10,15,25H,11-14,16-17,24H2;1H. The fraction of sp³-hybridized carbons (Fsp3) is 0.261. The number of fused-ring (bicyclic) bond motifs is 1. The number of rotatable bonds is 6. The van der Waals surface area contributed by atoms with Crippen LogP contribution in [0.2, 0.25) is 0 Å². The molecule has 0 aliphatic carbocycles. The minimum absolute atomic E-state index is 0. The number of benzene rings is 3. The number of sulfonamides is 1. The molecule has 1 fully saturated rings. The molecule has 0 spiro atoms. The Morgan fingerprint density at radius 2 is 1.61 bits per heavy atom. The average molecular weight is 491 g/mol. The van der Waals surface area contributed by atoms with Gasteiger partial charge in [0.15, 0.2) is 0 Å². The van der Waals surface area contributed by atoms with Crippen LogP contribution in [0.4, 0.5) is 4.79 Å². The molecule has 176 valence electrons. The number of nitrogens with one attached hydrogen (secondary N) is 1. The summed E-state index contributed by atoms with van der Waals surface area (Å²) in [5.74, 6) is 0. The summed E-state index contributed by atoms with van der Waals surface area (Å²) >= 11 is 0. The molecule has 0 bridgehead atoms. The molecule has 4 rings (SSSR count). The van der Waals surface area contributed by atoms with E-state index in [0.717, 1.165) is 26.9 Å². The van der Waals surface area contributed by atoms with Gasteiger partial charge in [-0.15, -0.1) is 17.2 Å². The molecule has 33 heavy (non-hydrogen) atoms. The summed E-state index contributed by atoms with van der Waals surface area (Å²) in [4.78, 5) is 17.4. The summed E-state index contributed by atoms with van der Waals surface area (Å²) in [5, 5.41) is 2.89. The first-order valence-corrected chi connectivity index (χ1v) is 11.9. The van der Waals surface area contributed by atoms with E-state index in [0.29, 0.717) is 32.8 Å². The molecule has 0 atom stereocenters. The zero-order valence-electron chi connectivity index (χ0n) is 18.0. The number of carbonyl (C=O) groups is 1. The van der Waals surface area contributed by atoms with Crippen LogP contribution in [-0.2, 0) is 27.8 Å². The summed E-state index contributed by atoms with van der Waals surface area (Å²) in [6, 6.07) is 19.4. The fourth-order valence-electron chi connectivity index (χ4n) is 3.56. The summed E-state index contributed by atoms with van der Waals surface area (Å²) in [7, 11) is -3.99. The van der Waals surface area contributed by atoms with Crippen molar-refractivity contribution >= 4 is 39.2 Å². The lowest BCUT2D eigenvalue weighted by molar-refractivity contribution is 0.0404. The number of ether oxygens (including phenoxy) is 1. The lowest BCUT2D eigenvalue weighted by atomic mass is 10.1. The molecule has 1 saturated heterocycles. The zero-order valence-corrected chi connectivity index (χ0v) is 19.6. The highest BCUT2D eigenvalue weighted by molar-refractivity contribution is 7.89. The Hall–Kier alpha value is -2.69. The smallest absolute Gasteiger partial charge is 0.335 e. The van der Waals surface area contributed by atoms with Crippen LogP contribution in [0, 0.1) is 0 Å². The molecule has 0 radical (unpaired) electrons. The first-order chi connectivity index (χ1) is 15.5. The third kappa shape index (κ3) is 6.01. The fourth-order valence-corrected chi connectivity index (χ4v) is 4.63. The van der Waals surface area contributed by atoms with Gasteiger partial charge in [0.25, 0.3) is 10.0 Å². The maximum atomic E-state index is 13.2. The lowest BCUT2D eigenvalue weighted by Crippen LogP contribution is -2.54. The van der Waals surface area contributed by atoms with Crippen molar-refractivity contribution in [1.29, 1.82) is 0 Å². The summed E-state index contributed by atoms with van der Waals surface area (Å²) in [5.41, 5.74) is 7.40. The number of nitrogens with two attached hydrogens (primary N) is 1. The second kappa shape index (κ2) is 11.0. The van der Waals surface area contributed by atoms with Crippen molar-refractivity contribution < 1.29 is 17.9 Å². The van der Waals surface area contributed by atoms with Crippen LogP contribution in [0.1, 0.15) is 11.1 Å². The van der Waals surface area contributed by atoms with Crippen LogP contribution in [0.25, 0.3) is 10.8 Å². The Morgan fingerprint density at radius 3 is 2.27 bits per heavy atom. The number of hydrogen-bond donors (Lipinski definition) is 2. The molecule has 3 aromatic rings. The van der Waals surface area contributed by atoms with E-state index in [2.05, 4.69) is 4.83 Å². The minimum Gasteiger partial charge on any atom is -0.378 e. The predicted molar refractivity (Wildman–Crippen MR) is 129 cm³/mol. The highest BCUT2D eigenvalue weighted by atomic mass is 35.5. The largest absolute Gasteiger partial charge is 0.378 e. The molecule has 1 aliphatic heterocycles. The van der Waals surface area contributed by atoms with E-state index in [-0.39, 0.29) is 23.8 Å². The average Bonchev–Trinajstić information content (AvgIpc) is 2.83. The number of carbonyl (C=O) groups excluding carboxylic acids is 1. The highest BCUT2D eigenvalue weighted by Gasteiger charge is 2.27. The lowest BCUT2D eigenvalue weighted by Gasteiger charge is -2.32. The van der Waals surface area contributed by atoms with Crippen LogP contribution in [-0.4, -0.2) is 50.7 Å². The number of nitrogens with zero attached hydrogens (tertiary/aromatic N) is 2. The van der Waals surface area contributed by atoms with E-state index in [1.54, 1.807) is 17.0 Å². The first-order valence-electron chi connectivity index (χ1n) is 10.4. The van der Waals surface area contributed by atoms with E-state index in [9.17, 15) is 13.2 Å². The maximum Gasteiger partial charge on any atom is 0.335 e. The third-order valence-electron chi connectivity index (χ3n) is 5.37. The Labute approximate surface area is 199 Å². The van der Waals surface area contributed by atoms with Crippen molar-refractivity contribution in [3.8, 4) is 0 Å². The van der Waals surface area contributed by atoms with Gasteiger partial charge in [-0.25, -0.2) is 18.2 Å². The molecule has 1 aliphatic rings. The molecule has 8 nitrogen and oxygen atoms in total. The molecule has 2 amide bonds. The Morgan fingerprint density at radius 1 is 0.970 bits per heavy atom. The summed E-state index contributed by atoms with van der Waals surface area (Å²) in [6.45, 7) is 2.13. The SMILES string of the molecule is Cl.NCc1ccc(CN(NS(=O)(=O)c2ccc3ccccc3c2)C(=O)N2CCOCC2)cc1. The van der Waals surface area contributed by atoms with Gasteiger partial charge < -0.3 is 15.4 Å². The van der Waals surface area contributed by atoms with E-state index < -0.39 is 16.1 Å². The third-order valence-corrected chi connectivity index (χ3v) is 6.71. The van der Waals surface area contributed by atoms with Crippen LogP contribution in [0.3, 0.4) is 0 Å². The molecule has 0 saturated carbocycles. The number of morpholine rings is 1. The van der Waals surface area contributed by atoms with Gasteiger partial charge in [0.2, 0.25) is 0 Å². The van der Waals surface area contributed by atoms with Crippen molar-refractivity contribution in [3.05, 3.63) is 77.9 Å². The van der Waals surface area contributed by atoms with Crippen molar-refractivity contribution in [2.75, 3.05) is 26.3 Å². The van der Waals surface area contributed by atoms with Gasteiger partial charge in [0.05, 0.1) is 24.7 Å². The van der Waals surface area contributed by atoms with Gasteiger partial charge in [0.1, 0.15) is 0 Å². The quantitative estimate of drug-likeness (QED) is 0.517. The number of halogens is 1. The van der Waals surface area contributed by atoms with Crippen molar-refractivity contribution in [2.45, 2.75) is 18.0 Å². The molecule has 1 heterocycles. The van der Waals surface area contributed by atoms with Crippen LogP contribution < -0.4 is 10.6 Å². The molecule has 10 heteroatoms. The molecular weight excluding hydrogens is 464 g/mol. The zero-order chi connectivity index (χ0) is 22.6. The van der Waals surface area contributed by atoms with Crippen molar-refractivity contribution in [1.82, 2.24) is 14.7 Å². The van der Waals surface area contributed by atoms with Crippen LogP contribution >= 0.6 is 12.4 Å². The van der Waals surface area contributed by atoms with Gasteiger partial charge in [-0.3, -0.25) is 0 Å². The monoisotopic (exact) mass is 490 g/mol. The van der Waals surface area contributed by atoms with E-state index in [1.165, 1.54) is 6.07 Å². The van der Waals surface area contributed by atoms with E-state index in [4.69, 9.17) is 10.5 Å². The Kier molecular flexibility index (Phi) is 8.28. The van der Waals surface area contributed by atoms with Crippen molar-refractivity contribution in [2.24, 2.45) is 5.73 Å². The molecule has 0 unspecified atom stereocenters. The Balaban J connectivity index is 0.00000306. The Bertz CT molecular complexity index is 1200. The predicted octanol–water partition coefficient (Wildman–Crippen LogP) is 2.87. The molecule has 3 aromatic carbocycles. The van der Waals surface area contributed by atoms with Gasteiger partial charge in [-0.2, -0.15) is 0 Å².